The summed E-state index contributed by atoms with van der Waals surface area (Å²) in [5.41, 5.74) is 2.57. The summed E-state index contributed by atoms with van der Waals surface area (Å²) in [7, 11) is 1.55. The highest BCUT2D eigenvalue weighted by atomic mass is 16.2. The highest BCUT2D eigenvalue weighted by Gasteiger charge is 2.46. The lowest BCUT2D eigenvalue weighted by molar-refractivity contribution is -0.117. The first-order valence-corrected chi connectivity index (χ1v) is 8.66. The Hall–Kier alpha value is -2.63. The normalized spacial score (nSPS) is 27.5. The SMILES string of the molecule is CNC(=O)c1cccc(N2C(=O)N[C@H](C3=CCC4CC4C3)C2=O)c1C. The maximum absolute atomic E-state index is 12.9. The van der Waals surface area contributed by atoms with Crippen LogP contribution >= 0.6 is 0 Å². The number of urea groups is 1. The fraction of sp³-hybridized carbons (Fsp3) is 0.421. The van der Waals surface area contributed by atoms with E-state index in [1.807, 2.05) is 0 Å². The molecule has 2 aliphatic carbocycles. The van der Waals surface area contributed by atoms with Crippen LogP contribution in [0.2, 0.25) is 0 Å². The van der Waals surface area contributed by atoms with Crippen LogP contribution in [0.1, 0.15) is 35.2 Å². The number of hydrogen-bond donors (Lipinski definition) is 2. The van der Waals surface area contributed by atoms with Gasteiger partial charge in [0.2, 0.25) is 0 Å². The van der Waals surface area contributed by atoms with Gasteiger partial charge in [-0.1, -0.05) is 12.1 Å². The van der Waals surface area contributed by atoms with E-state index in [0.29, 0.717) is 22.7 Å². The summed E-state index contributed by atoms with van der Waals surface area (Å²) in [6.45, 7) is 1.75. The molecule has 1 aliphatic heterocycles. The van der Waals surface area contributed by atoms with Crippen molar-refractivity contribution in [1.82, 2.24) is 10.6 Å². The molecule has 2 fully saturated rings. The molecular weight excluding hydrogens is 318 g/mol. The first kappa shape index (κ1) is 15.9. The van der Waals surface area contributed by atoms with Gasteiger partial charge in [-0.3, -0.25) is 9.59 Å². The van der Waals surface area contributed by atoms with Crippen molar-refractivity contribution in [3.8, 4) is 0 Å². The van der Waals surface area contributed by atoms with Crippen molar-refractivity contribution < 1.29 is 14.4 Å². The molecule has 4 amide bonds. The standard InChI is InChI=1S/C19H21N3O3/c1-10-14(17(23)20-2)4-3-5-15(10)22-18(24)16(21-19(22)25)12-7-6-11-8-13(11)9-12/h3-5,7,11,13,16H,6,8-9H2,1-2H3,(H,20,23)(H,21,25)/t11?,13?,16-/m1/s1. The van der Waals surface area contributed by atoms with Crippen molar-refractivity contribution in [1.29, 1.82) is 0 Å². The predicted molar refractivity (Wildman–Crippen MR) is 93.3 cm³/mol. The van der Waals surface area contributed by atoms with Gasteiger partial charge in [-0.2, -0.15) is 0 Å². The number of hydrogen-bond acceptors (Lipinski definition) is 3. The third-order valence-electron chi connectivity index (χ3n) is 5.58. The molecule has 4 rings (SSSR count). The van der Waals surface area contributed by atoms with Crippen LogP contribution in [0, 0.1) is 18.8 Å². The minimum Gasteiger partial charge on any atom is -0.355 e. The molecule has 1 heterocycles. The Morgan fingerprint density at radius 2 is 2.08 bits per heavy atom. The molecule has 1 aromatic carbocycles. The second kappa shape index (κ2) is 5.72. The number of nitrogens with zero attached hydrogens (tertiary/aromatic N) is 1. The van der Waals surface area contributed by atoms with Gasteiger partial charge >= 0.3 is 6.03 Å². The lowest BCUT2D eigenvalue weighted by atomic mass is 9.93. The summed E-state index contributed by atoms with van der Waals surface area (Å²) in [5, 5.41) is 5.40. The van der Waals surface area contributed by atoms with E-state index < -0.39 is 12.1 Å². The summed E-state index contributed by atoms with van der Waals surface area (Å²) in [4.78, 5) is 38.6. The summed E-state index contributed by atoms with van der Waals surface area (Å²) < 4.78 is 0. The third kappa shape index (κ3) is 2.52. The Bertz CT molecular complexity index is 814. The molecule has 0 bridgehead atoms. The van der Waals surface area contributed by atoms with Crippen molar-refractivity contribution in [2.45, 2.75) is 32.2 Å². The molecule has 6 nitrogen and oxygen atoms in total. The Morgan fingerprint density at radius 1 is 1.28 bits per heavy atom. The van der Waals surface area contributed by atoms with Gasteiger partial charge < -0.3 is 10.6 Å². The van der Waals surface area contributed by atoms with Crippen molar-refractivity contribution in [2.75, 3.05) is 11.9 Å². The molecule has 6 heteroatoms. The number of carbonyl (C=O) groups excluding carboxylic acids is 3. The van der Waals surface area contributed by atoms with E-state index in [9.17, 15) is 14.4 Å². The van der Waals surface area contributed by atoms with Crippen LogP contribution in [0.25, 0.3) is 0 Å². The van der Waals surface area contributed by atoms with Crippen molar-refractivity contribution >= 4 is 23.5 Å². The van der Waals surface area contributed by atoms with E-state index >= 15 is 0 Å². The molecule has 1 aromatic rings. The molecule has 3 atom stereocenters. The molecule has 1 saturated heterocycles. The van der Waals surface area contributed by atoms with Gasteiger partial charge in [0.1, 0.15) is 6.04 Å². The van der Waals surface area contributed by atoms with E-state index in [2.05, 4.69) is 16.7 Å². The fourth-order valence-electron chi connectivity index (χ4n) is 3.98. The number of anilines is 1. The molecule has 0 aromatic heterocycles. The minimum atomic E-state index is -0.572. The maximum Gasteiger partial charge on any atom is 0.329 e. The first-order valence-electron chi connectivity index (χ1n) is 8.66. The van der Waals surface area contributed by atoms with E-state index in [0.717, 1.165) is 24.3 Å². The molecule has 1 saturated carbocycles. The van der Waals surface area contributed by atoms with Crippen LogP contribution < -0.4 is 15.5 Å². The van der Waals surface area contributed by atoms with Gasteiger partial charge in [0, 0.05) is 12.6 Å². The Labute approximate surface area is 146 Å². The molecule has 25 heavy (non-hydrogen) atoms. The number of amides is 4. The number of allylic oxidation sites excluding steroid dienone is 1. The zero-order chi connectivity index (χ0) is 17.7. The molecular formula is C19H21N3O3. The zero-order valence-corrected chi connectivity index (χ0v) is 14.3. The van der Waals surface area contributed by atoms with Crippen LogP contribution in [0.15, 0.2) is 29.8 Å². The van der Waals surface area contributed by atoms with Crippen molar-refractivity contribution in [2.24, 2.45) is 11.8 Å². The van der Waals surface area contributed by atoms with Crippen LogP contribution in [0.3, 0.4) is 0 Å². The van der Waals surface area contributed by atoms with Gasteiger partial charge in [-0.15, -0.1) is 0 Å². The van der Waals surface area contributed by atoms with Gasteiger partial charge in [0.25, 0.3) is 11.8 Å². The van der Waals surface area contributed by atoms with E-state index in [1.165, 1.54) is 11.3 Å². The maximum atomic E-state index is 12.9. The molecule has 0 spiro atoms. The molecule has 2 unspecified atom stereocenters. The number of imide groups is 1. The molecule has 3 aliphatic rings. The second-order valence-electron chi connectivity index (χ2n) is 7.06. The highest BCUT2D eigenvalue weighted by molar-refractivity contribution is 6.23. The first-order chi connectivity index (χ1) is 12.0. The molecule has 130 valence electrons. The summed E-state index contributed by atoms with van der Waals surface area (Å²) in [6, 6.07) is 4.08. The topological polar surface area (TPSA) is 78.5 Å². The van der Waals surface area contributed by atoms with Crippen LogP contribution in [-0.2, 0) is 4.79 Å². The van der Waals surface area contributed by atoms with Crippen molar-refractivity contribution in [3.63, 3.8) is 0 Å². The van der Waals surface area contributed by atoms with E-state index in [1.54, 1.807) is 32.2 Å². The number of rotatable bonds is 3. The fourth-order valence-corrected chi connectivity index (χ4v) is 3.98. The van der Waals surface area contributed by atoms with Crippen molar-refractivity contribution in [3.05, 3.63) is 41.0 Å². The summed E-state index contributed by atoms with van der Waals surface area (Å²) in [6.07, 6.45) is 5.25. The Kier molecular flexibility index (Phi) is 3.63. The van der Waals surface area contributed by atoms with Gasteiger partial charge in [-0.05, 0) is 61.3 Å². The van der Waals surface area contributed by atoms with E-state index in [4.69, 9.17) is 0 Å². The Morgan fingerprint density at radius 3 is 2.80 bits per heavy atom. The number of nitrogens with one attached hydrogen (secondary N) is 2. The Balaban J connectivity index is 1.65. The molecule has 0 radical (unpaired) electrons. The number of benzene rings is 1. The van der Waals surface area contributed by atoms with Gasteiger partial charge in [0.15, 0.2) is 0 Å². The zero-order valence-electron chi connectivity index (χ0n) is 14.3. The average molecular weight is 339 g/mol. The largest absolute Gasteiger partial charge is 0.355 e. The average Bonchev–Trinajstić information content (AvgIpc) is 3.33. The van der Waals surface area contributed by atoms with Crippen LogP contribution in [0.4, 0.5) is 10.5 Å². The quantitative estimate of drug-likeness (QED) is 0.654. The second-order valence-corrected chi connectivity index (χ2v) is 7.06. The number of carbonyl (C=O) groups is 3. The highest BCUT2D eigenvalue weighted by Crippen LogP contribution is 2.49. The van der Waals surface area contributed by atoms with Crippen LogP contribution in [-0.4, -0.2) is 30.9 Å². The summed E-state index contributed by atoms with van der Waals surface area (Å²) >= 11 is 0. The smallest absolute Gasteiger partial charge is 0.329 e. The van der Waals surface area contributed by atoms with E-state index in [-0.39, 0.29) is 11.8 Å². The minimum absolute atomic E-state index is 0.238. The lowest BCUT2D eigenvalue weighted by Gasteiger charge is -2.19. The van der Waals surface area contributed by atoms with Crippen LogP contribution in [0.5, 0.6) is 0 Å². The monoisotopic (exact) mass is 339 g/mol. The third-order valence-corrected chi connectivity index (χ3v) is 5.58. The number of fused-ring (bicyclic) bond motifs is 1. The summed E-state index contributed by atoms with van der Waals surface area (Å²) in [5.74, 6) is 0.959. The van der Waals surface area contributed by atoms with Gasteiger partial charge in [0.05, 0.1) is 5.69 Å². The van der Waals surface area contributed by atoms with Gasteiger partial charge in [-0.25, -0.2) is 9.69 Å². The predicted octanol–water partition coefficient (Wildman–Crippen LogP) is 2.14. The molecule has 2 N–H and O–H groups in total. The lowest BCUT2D eigenvalue weighted by Crippen LogP contribution is -2.33.